The third kappa shape index (κ3) is 2.07. The Morgan fingerprint density at radius 1 is 1.40 bits per heavy atom. The van der Waals surface area contributed by atoms with Crippen LogP contribution in [-0.2, 0) is 0 Å². The SMILES string of the molecule is CN(C)/C(N)=N\c1nc2ccccc2s1. The maximum Gasteiger partial charge on any atom is 0.213 e. The first-order valence-electron chi connectivity index (χ1n) is 4.54. The van der Waals surface area contributed by atoms with Gasteiger partial charge in [0.25, 0.3) is 0 Å². The summed E-state index contributed by atoms with van der Waals surface area (Å²) in [6.45, 7) is 0. The maximum absolute atomic E-state index is 5.71. The van der Waals surface area contributed by atoms with Crippen molar-refractivity contribution in [3.05, 3.63) is 24.3 Å². The van der Waals surface area contributed by atoms with Crippen molar-refractivity contribution >= 4 is 32.6 Å². The van der Waals surface area contributed by atoms with Gasteiger partial charge >= 0.3 is 0 Å². The fourth-order valence-corrected chi connectivity index (χ4v) is 1.95. The maximum atomic E-state index is 5.71. The number of nitrogens with two attached hydrogens (primary N) is 1. The number of para-hydroxylation sites is 1. The second-order valence-corrected chi connectivity index (χ2v) is 4.34. The monoisotopic (exact) mass is 220 g/mol. The minimum atomic E-state index is 0.467. The fourth-order valence-electron chi connectivity index (χ4n) is 1.11. The van der Waals surface area contributed by atoms with E-state index in [2.05, 4.69) is 9.98 Å². The number of fused-ring (bicyclic) bond motifs is 1. The molecule has 0 bridgehead atoms. The van der Waals surface area contributed by atoms with Crippen LogP contribution < -0.4 is 5.73 Å². The Hall–Kier alpha value is -1.62. The number of guanidine groups is 1. The molecule has 4 nitrogen and oxygen atoms in total. The average Bonchev–Trinajstić information content (AvgIpc) is 2.59. The van der Waals surface area contributed by atoms with Crippen molar-refractivity contribution in [2.45, 2.75) is 0 Å². The average molecular weight is 220 g/mol. The Balaban J connectivity index is 2.41. The van der Waals surface area contributed by atoms with Crippen molar-refractivity contribution in [3.8, 4) is 0 Å². The quantitative estimate of drug-likeness (QED) is 0.589. The van der Waals surface area contributed by atoms with E-state index >= 15 is 0 Å². The van der Waals surface area contributed by atoms with Gasteiger partial charge in [-0.05, 0) is 12.1 Å². The van der Waals surface area contributed by atoms with Crippen molar-refractivity contribution in [3.63, 3.8) is 0 Å². The van der Waals surface area contributed by atoms with Crippen molar-refractivity contribution in [1.82, 2.24) is 9.88 Å². The van der Waals surface area contributed by atoms with Gasteiger partial charge in [-0.2, -0.15) is 4.99 Å². The molecule has 2 rings (SSSR count). The van der Waals surface area contributed by atoms with Gasteiger partial charge in [0.2, 0.25) is 5.13 Å². The Labute approximate surface area is 92.1 Å². The summed E-state index contributed by atoms with van der Waals surface area (Å²) >= 11 is 1.54. The Morgan fingerprint density at radius 2 is 2.13 bits per heavy atom. The van der Waals surface area contributed by atoms with Crippen LogP contribution in [-0.4, -0.2) is 29.9 Å². The third-order valence-electron chi connectivity index (χ3n) is 1.95. The summed E-state index contributed by atoms with van der Waals surface area (Å²) in [6.07, 6.45) is 0. The molecule has 0 fully saturated rings. The molecule has 78 valence electrons. The molecule has 2 aromatic rings. The van der Waals surface area contributed by atoms with E-state index in [1.165, 1.54) is 11.3 Å². The van der Waals surface area contributed by atoms with Crippen LogP contribution in [0.5, 0.6) is 0 Å². The van der Waals surface area contributed by atoms with E-state index in [0.717, 1.165) is 10.2 Å². The third-order valence-corrected chi connectivity index (χ3v) is 2.88. The Bertz CT molecular complexity index is 468. The molecule has 1 aromatic carbocycles. The Kier molecular flexibility index (Phi) is 2.55. The molecule has 1 aromatic heterocycles. The van der Waals surface area contributed by atoms with Gasteiger partial charge in [0.05, 0.1) is 10.2 Å². The van der Waals surface area contributed by atoms with E-state index in [1.807, 2.05) is 38.4 Å². The van der Waals surface area contributed by atoms with E-state index < -0.39 is 0 Å². The molecule has 0 unspecified atom stereocenters. The highest BCUT2D eigenvalue weighted by Gasteiger charge is 2.02. The molecule has 15 heavy (non-hydrogen) atoms. The van der Waals surface area contributed by atoms with E-state index in [4.69, 9.17) is 5.73 Å². The van der Waals surface area contributed by atoms with Crippen LogP contribution in [0.4, 0.5) is 5.13 Å². The molecule has 1 heterocycles. The zero-order valence-electron chi connectivity index (χ0n) is 8.64. The fraction of sp³-hybridized carbons (Fsp3) is 0.200. The number of nitrogens with zero attached hydrogens (tertiary/aromatic N) is 3. The van der Waals surface area contributed by atoms with Crippen LogP contribution >= 0.6 is 11.3 Å². The Morgan fingerprint density at radius 3 is 2.80 bits per heavy atom. The molecule has 0 atom stereocenters. The largest absolute Gasteiger partial charge is 0.369 e. The van der Waals surface area contributed by atoms with Gasteiger partial charge in [0, 0.05) is 14.1 Å². The first-order valence-corrected chi connectivity index (χ1v) is 5.35. The lowest BCUT2D eigenvalue weighted by atomic mass is 10.3. The topological polar surface area (TPSA) is 54.5 Å². The highest BCUT2D eigenvalue weighted by Crippen LogP contribution is 2.27. The molecule has 5 heteroatoms. The summed E-state index contributed by atoms with van der Waals surface area (Å²) in [5.74, 6) is 0.467. The number of aromatic nitrogens is 1. The molecule has 2 N–H and O–H groups in total. The first-order chi connectivity index (χ1) is 7.16. The van der Waals surface area contributed by atoms with Crippen LogP contribution in [0.15, 0.2) is 29.3 Å². The van der Waals surface area contributed by atoms with Gasteiger partial charge in [-0.15, -0.1) is 0 Å². The molecule has 0 aliphatic rings. The minimum absolute atomic E-state index is 0.467. The van der Waals surface area contributed by atoms with Crippen LogP contribution in [0.25, 0.3) is 10.2 Å². The molecule has 0 radical (unpaired) electrons. The first kappa shape index (κ1) is 9.92. The summed E-state index contributed by atoms with van der Waals surface area (Å²) in [4.78, 5) is 10.3. The summed E-state index contributed by atoms with van der Waals surface area (Å²) in [7, 11) is 3.71. The molecular weight excluding hydrogens is 208 g/mol. The predicted molar refractivity (Wildman–Crippen MR) is 64.6 cm³/mol. The van der Waals surface area contributed by atoms with Crippen molar-refractivity contribution in [1.29, 1.82) is 0 Å². The molecule has 0 aliphatic carbocycles. The number of hydrogen-bond donors (Lipinski definition) is 1. The lowest BCUT2D eigenvalue weighted by Crippen LogP contribution is -2.29. The van der Waals surface area contributed by atoms with Gasteiger partial charge in [-0.3, -0.25) is 0 Å². The number of rotatable bonds is 1. The standard InChI is InChI=1S/C10H12N4S/c1-14(2)9(11)13-10-12-7-5-3-4-6-8(7)15-10/h3-6H,1-2H3,(H2,11,12,13). The van der Waals surface area contributed by atoms with Gasteiger partial charge in [0.15, 0.2) is 5.96 Å². The lowest BCUT2D eigenvalue weighted by molar-refractivity contribution is 0.614. The summed E-state index contributed by atoms with van der Waals surface area (Å²) in [5, 5.41) is 0.697. The lowest BCUT2D eigenvalue weighted by Gasteiger charge is -2.08. The number of thiazole rings is 1. The second kappa shape index (κ2) is 3.86. The van der Waals surface area contributed by atoms with E-state index in [1.54, 1.807) is 4.90 Å². The number of benzene rings is 1. The summed E-state index contributed by atoms with van der Waals surface area (Å²) in [5.41, 5.74) is 6.68. The molecule has 0 spiro atoms. The predicted octanol–water partition coefficient (Wildman–Crippen LogP) is 1.80. The van der Waals surface area contributed by atoms with Crippen LogP contribution in [0.1, 0.15) is 0 Å². The van der Waals surface area contributed by atoms with Crippen LogP contribution in [0, 0.1) is 0 Å². The second-order valence-electron chi connectivity index (χ2n) is 3.33. The van der Waals surface area contributed by atoms with Gasteiger partial charge in [0.1, 0.15) is 0 Å². The molecule has 0 saturated heterocycles. The zero-order chi connectivity index (χ0) is 10.8. The molecule has 0 aliphatic heterocycles. The highest BCUT2D eigenvalue weighted by molar-refractivity contribution is 7.22. The normalized spacial score (nSPS) is 12.0. The van der Waals surface area contributed by atoms with E-state index in [9.17, 15) is 0 Å². The van der Waals surface area contributed by atoms with Crippen molar-refractivity contribution < 1.29 is 0 Å². The molecule has 0 amide bonds. The zero-order valence-corrected chi connectivity index (χ0v) is 9.45. The number of hydrogen-bond acceptors (Lipinski definition) is 3. The van der Waals surface area contributed by atoms with Crippen molar-refractivity contribution in [2.24, 2.45) is 10.7 Å². The minimum Gasteiger partial charge on any atom is -0.369 e. The number of aliphatic imine (C=N–C) groups is 1. The van der Waals surface area contributed by atoms with E-state index in [-0.39, 0.29) is 0 Å². The van der Waals surface area contributed by atoms with E-state index in [0.29, 0.717) is 11.1 Å². The summed E-state index contributed by atoms with van der Waals surface area (Å²) < 4.78 is 1.13. The van der Waals surface area contributed by atoms with Crippen molar-refractivity contribution in [2.75, 3.05) is 14.1 Å². The van der Waals surface area contributed by atoms with Crippen LogP contribution in [0.2, 0.25) is 0 Å². The van der Waals surface area contributed by atoms with Gasteiger partial charge in [-0.1, -0.05) is 23.5 Å². The summed E-state index contributed by atoms with van der Waals surface area (Å²) in [6, 6.07) is 7.95. The smallest absolute Gasteiger partial charge is 0.213 e. The van der Waals surface area contributed by atoms with Crippen LogP contribution in [0.3, 0.4) is 0 Å². The molecular formula is C10H12N4S. The molecule has 0 saturated carbocycles. The van der Waals surface area contributed by atoms with Gasteiger partial charge in [-0.25, -0.2) is 4.98 Å². The highest BCUT2D eigenvalue weighted by atomic mass is 32.1. The van der Waals surface area contributed by atoms with Gasteiger partial charge < -0.3 is 10.6 Å².